The first-order valence-corrected chi connectivity index (χ1v) is 6.66. The Labute approximate surface area is 128 Å². The second kappa shape index (κ2) is 5.84. The van der Waals surface area contributed by atoms with Gasteiger partial charge >= 0.3 is 12.1 Å². The molecule has 0 radical (unpaired) electrons. The highest BCUT2D eigenvalue weighted by Crippen LogP contribution is 2.46. The first-order chi connectivity index (χ1) is 9.44. The van der Waals surface area contributed by atoms with E-state index in [1.165, 1.54) is 13.8 Å². The highest BCUT2D eigenvalue weighted by molar-refractivity contribution is 9.10. The molecule has 0 amide bonds. The molecule has 0 aliphatic carbocycles. The van der Waals surface area contributed by atoms with E-state index in [1.54, 1.807) is 0 Å². The summed E-state index contributed by atoms with van der Waals surface area (Å²) in [6, 6.07) is 0.463. The van der Waals surface area contributed by atoms with Crippen LogP contribution in [0.4, 0.5) is 13.2 Å². The van der Waals surface area contributed by atoms with Crippen LogP contribution in [0.3, 0.4) is 0 Å². The van der Waals surface area contributed by atoms with E-state index in [0.29, 0.717) is 0 Å². The third-order valence-corrected chi connectivity index (χ3v) is 3.91. The minimum absolute atomic E-state index is 0.0571. The molecule has 21 heavy (non-hydrogen) atoms. The molecule has 0 bridgehead atoms. The van der Waals surface area contributed by atoms with Gasteiger partial charge in [-0.15, -0.1) is 0 Å². The Kier molecular flexibility index (Phi) is 4.94. The maximum absolute atomic E-state index is 13.1. The summed E-state index contributed by atoms with van der Waals surface area (Å²) in [7, 11) is 1.11. The predicted molar refractivity (Wildman–Crippen MR) is 73.5 cm³/mol. The molecule has 1 aromatic rings. The fourth-order valence-electron chi connectivity index (χ4n) is 1.89. The first kappa shape index (κ1) is 17.8. The quantitative estimate of drug-likeness (QED) is 0.801. The Morgan fingerprint density at radius 2 is 1.90 bits per heavy atom. The van der Waals surface area contributed by atoms with E-state index in [9.17, 15) is 23.1 Å². The van der Waals surface area contributed by atoms with Crippen molar-refractivity contribution in [1.82, 2.24) is 0 Å². The van der Waals surface area contributed by atoms with Gasteiger partial charge in [0.2, 0.25) is 0 Å². The van der Waals surface area contributed by atoms with Crippen molar-refractivity contribution in [3.05, 3.63) is 27.7 Å². The van der Waals surface area contributed by atoms with E-state index < -0.39 is 40.5 Å². The summed E-state index contributed by atoms with van der Waals surface area (Å²) in [5.74, 6) is -1.42. The zero-order valence-corrected chi connectivity index (χ0v) is 13.2. The summed E-state index contributed by atoms with van der Waals surface area (Å²) < 4.78 is 43.9. The number of alkyl halides is 3. The van der Waals surface area contributed by atoms with Crippen molar-refractivity contribution < 1.29 is 27.8 Å². The standard InChI is InChI=1S/C13H15BrF3NO3/c1-12(2,11(20)21-3)10(18)8-6(13(15,16)17)4-5-7(14)9(8)19/h4-5,10,19H,18H2,1-3H3/t10-/m1/s1. The molecule has 4 nitrogen and oxygen atoms in total. The van der Waals surface area contributed by atoms with Crippen LogP contribution in [0.25, 0.3) is 0 Å². The molecule has 8 heteroatoms. The molecule has 0 saturated carbocycles. The van der Waals surface area contributed by atoms with Crippen molar-refractivity contribution in [2.75, 3.05) is 7.11 Å². The largest absolute Gasteiger partial charge is 0.506 e. The van der Waals surface area contributed by atoms with Crippen LogP contribution in [0.5, 0.6) is 5.75 Å². The maximum atomic E-state index is 13.1. The topological polar surface area (TPSA) is 72.5 Å². The van der Waals surface area contributed by atoms with Crippen molar-refractivity contribution in [2.45, 2.75) is 26.1 Å². The SMILES string of the molecule is COC(=O)C(C)(C)[C@H](N)c1c(C(F)(F)F)ccc(Br)c1O. The number of benzene rings is 1. The number of methoxy groups -OCH3 is 1. The predicted octanol–water partition coefficient (Wildman–Crippen LogP) is 3.37. The number of aromatic hydroxyl groups is 1. The fraction of sp³-hybridized carbons (Fsp3) is 0.462. The van der Waals surface area contributed by atoms with Gasteiger partial charge in [-0.25, -0.2) is 0 Å². The molecule has 0 aliphatic rings. The molecule has 3 N–H and O–H groups in total. The number of phenols is 1. The van der Waals surface area contributed by atoms with Crippen LogP contribution >= 0.6 is 15.9 Å². The Morgan fingerprint density at radius 3 is 2.33 bits per heavy atom. The summed E-state index contributed by atoms with van der Waals surface area (Å²) >= 11 is 2.95. The summed E-state index contributed by atoms with van der Waals surface area (Å²) in [6.45, 7) is 2.70. The number of esters is 1. The van der Waals surface area contributed by atoms with Crippen LogP contribution < -0.4 is 5.73 Å². The smallest absolute Gasteiger partial charge is 0.416 e. The van der Waals surface area contributed by atoms with Gasteiger partial charge in [0.05, 0.1) is 22.6 Å². The minimum Gasteiger partial charge on any atom is -0.506 e. The van der Waals surface area contributed by atoms with Gasteiger partial charge in [0.15, 0.2) is 0 Å². The Balaban J connectivity index is 3.55. The zero-order valence-electron chi connectivity index (χ0n) is 11.6. The molecule has 0 saturated heterocycles. The molecular weight excluding hydrogens is 355 g/mol. The Bertz CT molecular complexity index is 558. The molecule has 0 aliphatic heterocycles. The van der Waals surface area contributed by atoms with E-state index in [4.69, 9.17) is 5.73 Å². The van der Waals surface area contributed by atoms with Gasteiger partial charge in [0.25, 0.3) is 0 Å². The lowest BCUT2D eigenvalue weighted by Crippen LogP contribution is -2.38. The van der Waals surface area contributed by atoms with Crippen LogP contribution in [-0.2, 0) is 15.7 Å². The number of ether oxygens (including phenoxy) is 1. The molecule has 0 aromatic heterocycles. The van der Waals surface area contributed by atoms with E-state index in [2.05, 4.69) is 20.7 Å². The van der Waals surface area contributed by atoms with Crippen molar-refractivity contribution in [1.29, 1.82) is 0 Å². The van der Waals surface area contributed by atoms with Crippen molar-refractivity contribution in [3.8, 4) is 5.75 Å². The molecule has 1 atom stereocenters. The van der Waals surface area contributed by atoms with Gasteiger partial charge < -0.3 is 15.6 Å². The van der Waals surface area contributed by atoms with E-state index >= 15 is 0 Å². The monoisotopic (exact) mass is 369 g/mol. The van der Waals surface area contributed by atoms with E-state index in [0.717, 1.165) is 19.2 Å². The van der Waals surface area contributed by atoms with Gasteiger partial charge in [-0.05, 0) is 41.9 Å². The first-order valence-electron chi connectivity index (χ1n) is 5.87. The Hall–Kier alpha value is -1.28. The van der Waals surface area contributed by atoms with Gasteiger partial charge in [0, 0.05) is 11.6 Å². The number of phenolic OH excluding ortho intramolecular Hbond substituents is 1. The van der Waals surface area contributed by atoms with Gasteiger partial charge in [-0.2, -0.15) is 13.2 Å². The molecule has 0 spiro atoms. The highest BCUT2D eigenvalue weighted by atomic mass is 79.9. The third kappa shape index (κ3) is 3.32. The number of carbonyl (C=O) groups is 1. The van der Waals surface area contributed by atoms with E-state index in [-0.39, 0.29) is 4.47 Å². The summed E-state index contributed by atoms with van der Waals surface area (Å²) in [5.41, 5.74) is 2.74. The molecule has 1 aromatic carbocycles. The molecule has 1 rings (SSSR count). The summed E-state index contributed by atoms with van der Waals surface area (Å²) in [5, 5.41) is 9.95. The van der Waals surface area contributed by atoms with Crippen LogP contribution in [0.15, 0.2) is 16.6 Å². The minimum atomic E-state index is -4.71. The lowest BCUT2D eigenvalue weighted by atomic mass is 9.79. The lowest BCUT2D eigenvalue weighted by molar-refractivity contribution is -0.153. The van der Waals surface area contributed by atoms with Gasteiger partial charge in [-0.1, -0.05) is 0 Å². The number of carbonyl (C=O) groups excluding carboxylic acids is 1. The molecule has 0 unspecified atom stereocenters. The third-order valence-electron chi connectivity index (χ3n) is 3.27. The average molecular weight is 370 g/mol. The number of rotatable bonds is 3. The van der Waals surface area contributed by atoms with Crippen molar-refractivity contribution in [3.63, 3.8) is 0 Å². The van der Waals surface area contributed by atoms with Gasteiger partial charge in [-0.3, -0.25) is 4.79 Å². The van der Waals surface area contributed by atoms with Crippen molar-refractivity contribution >= 4 is 21.9 Å². The molecule has 0 heterocycles. The van der Waals surface area contributed by atoms with Crippen LogP contribution in [-0.4, -0.2) is 18.2 Å². The second-order valence-corrected chi connectivity index (χ2v) is 5.90. The maximum Gasteiger partial charge on any atom is 0.416 e. The normalized spacial score (nSPS) is 13.9. The second-order valence-electron chi connectivity index (χ2n) is 5.05. The average Bonchev–Trinajstić information content (AvgIpc) is 2.38. The number of nitrogens with two attached hydrogens (primary N) is 1. The summed E-state index contributed by atoms with van der Waals surface area (Å²) in [6.07, 6.45) is -4.71. The van der Waals surface area contributed by atoms with Gasteiger partial charge in [0.1, 0.15) is 5.75 Å². The molecular formula is C13H15BrF3NO3. The van der Waals surface area contributed by atoms with Crippen LogP contribution in [0.2, 0.25) is 0 Å². The summed E-state index contributed by atoms with van der Waals surface area (Å²) in [4.78, 5) is 11.7. The van der Waals surface area contributed by atoms with Crippen LogP contribution in [0, 0.1) is 5.41 Å². The Morgan fingerprint density at radius 1 is 1.38 bits per heavy atom. The van der Waals surface area contributed by atoms with Crippen molar-refractivity contribution in [2.24, 2.45) is 11.1 Å². The molecule has 0 fully saturated rings. The molecule has 118 valence electrons. The number of halogens is 4. The highest BCUT2D eigenvalue weighted by Gasteiger charge is 2.44. The zero-order chi connectivity index (χ0) is 16.6. The van der Waals surface area contributed by atoms with Crippen LogP contribution in [0.1, 0.15) is 31.0 Å². The number of hydrogen-bond acceptors (Lipinski definition) is 4. The fourth-order valence-corrected chi connectivity index (χ4v) is 2.24. The number of hydrogen-bond donors (Lipinski definition) is 2. The lowest BCUT2D eigenvalue weighted by Gasteiger charge is -2.31. The van der Waals surface area contributed by atoms with E-state index in [1.807, 2.05) is 0 Å².